The number of benzene rings is 2. The molecule has 2 aromatic heterocycles. The van der Waals surface area contributed by atoms with Crippen molar-refractivity contribution in [2.75, 3.05) is 130 Å². The number of morpholine rings is 4. The monoisotopic (exact) mass is 710 g/mol. The van der Waals surface area contributed by atoms with Crippen molar-refractivity contribution < 1.29 is 23.7 Å². The minimum absolute atomic E-state index is 0.250. The summed E-state index contributed by atoms with van der Waals surface area (Å²) in [6, 6.07) is 15.7. The van der Waals surface area contributed by atoms with Gasteiger partial charge in [0.25, 0.3) is 0 Å². The maximum atomic E-state index is 6.14. The molecule has 4 fully saturated rings. The van der Waals surface area contributed by atoms with Crippen LogP contribution in [0.4, 0.5) is 41.1 Å². The van der Waals surface area contributed by atoms with E-state index in [0.717, 1.165) is 43.1 Å². The highest BCUT2D eigenvalue weighted by atomic mass is 16.5. The third kappa shape index (κ3) is 8.62. The lowest BCUT2D eigenvalue weighted by atomic mass is 10.2. The molecule has 272 valence electrons. The molecule has 17 heteroatoms. The van der Waals surface area contributed by atoms with Crippen LogP contribution in [0.2, 0.25) is 0 Å². The maximum absolute atomic E-state index is 6.14. The van der Waals surface area contributed by atoms with E-state index in [1.807, 2.05) is 54.7 Å². The SMILES string of the molecule is C(=Nc1ccc(Nc2nc(N3CCOCC3)nc(N3CCOCC3)n2)cc1)c1ccc(Oc2nc(N3CCOCC3)nc(N3CCOCC3)n2)cc1. The standard InChI is InChI=1S/C35H42N12O5/c1-7-29(52-35-42-33(46-13-21-50-22-14-46)41-34(43-35)47-15-23-51-24-16-47)8-2-26(1)25-36-27-3-5-28(6-4-27)37-30-38-31(44-9-17-48-18-10-44)40-32(39-30)45-11-19-49-20-12-45/h1-8,25H,9-24H2,(H,37,38,39,40). The Kier molecular flexibility index (Phi) is 10.7. The number of ether oxygens (including phenoxy) is 5. The fourth-order valence-corrected chi connectivity index (χ4v) is 6.05. The van der Waals surface area contributed by atoms with E-state index in [-0.39, 0.29) is 6.01 Å². The van der Waals surface area contributed by atoms with E-state index in [1.165, 1.54) is 0 Å². The van der Waals surface area contributed by atoms with Gasteiger partial charge < -0.3 is 48.6 Å². The van der Waals surface area contributed by atoms with Gasteiger partial charge in [-0.25, -0.2) is 0 Å². The summed E-state index contributed by atoms with van der Waals surface area (Å²) < 4.78 is 28.3. The molecule has 0 amide bonds. The lowest BCUT2D eigenvalue weighted by Crippen LogP contribution is -2.40. The summed E-state index contributed by atoms with van der Waals surface area (Å²) in [4.78, 5) is 41.5. The first-order chi connectivity index (χ1) is 25.7. The molecule has 4 aliphatic rings. The van der Waals surface area contributed by atoms with Crippen molar-refractivity contribution in [1.82, 2.24) is 29.9 Å². The fourth-order valence-electron chi connectivity index (χ4n) is 6.05. The number of aromatic nitrogens is 6. The van der Waals surface area contributed by atoms with Gasteiger partial charge in [0, 0.05) is 64.3 Å². The Morgan fingerprint density at radius 2 is 0.942 bits per heavy atom. The molecule has 0 radical (unpaired) electrons. The normalized spacial score (nSPS) is 18.5. The van der Waals surface area contributed by atoms with Crippen molar-refractivity contribution in [3.8, 4) is 11.8 Å². The Labute approximate surface area is 301 Å². The zero-order chi connectivity index (χ0) is 35.0. The number of nitrogens with zero attached hydrogens (tertiary/aromatic N) is 11. The smallest absolute Gasteiger partial charge is 0.328 e. The Hall–Kier alpha value is -5.23. The quantitative estimate of drug-likeness (QED) is 0.239. The van der Waals surface area contributed by atoms with E-state index in [1.54, 1.807) is 0 Å². The van der Waals surface area contributed by atoms with Gasteiger partial charge in [0.2, 0.25) is 29.7 Å². The number of hydrogen-bond acceptors (Lipinski definition) is 17. The van der Waals surface area contributed by atoms with Crippen LogP contribution in [0.25, 0.3) is 0 Å². The second-order valence-corrected chi connectivity index (χ2v) is 12.5. The molecule has 0 bridgehead atoms. The third-order valence-electron chi connectivity index (χ3n) is 8.95. The van der Waals surface area contributed by atoms with Gasteiger partial charge in [-0.15, -0.1) is 0 Å². The molecule has 52 heavy (non-hydrogen) atoms. The summed E-state index contributed by atoms with van der Waals surface area (Å²) in [5.74, 6) is 3.56. The van der Waals surface area contributed by atoms with Crippen LogP contribution in [0.15, 0.2) is 53.5 Å². The molecule has 0 unspecified atom stereocenters. The summed E-state index contributed by atoms with van der Waals surface area (Å²) >= 11 is 0. The Morgan fingerprint density at radius 3 is 1.38 bits per heavy atom. The molecular weight excluding hydrogens is 668 g/mol. The van der Waals surface area contributed by atoms with Crippen molar-refractivity contribution >= 4 is 47.3 Å². The van der Waals surface area contributed by atoms with Crippen LogP contribution in [0.1, 0.15) is 5.56 Å². The Balaban J connectivity index is 0.921. The van der Waals surface area contributed by atoms with Gasteiger partial charge >= 0.3 is 6.01 Å². The van der Waals surface area contributed by atoms with Crippen LogP contribution in [-0.2, 0) is 18.9 Å². The van der Waals surface area contributed by atoms with E-state index in [9.17, 15) is 0 Å². The van der Waals surface area contributed by atoms with Gasteiger partial charge in [-0.1, -0.05) is 0 Å². The second kappa shape index (κ2) is 16.4. The van der Waals surface area contributed by atoms with E-state index in [4.69, 9.17) is 43.6 Å². The molecule has 2 aromatic carbocycles. The number of nitrogens with one attached hydrogen (secondary N) is 1. The van der Waals surface area contributed by atoms with Crippen molar-refractivity contribution in [3.63, 3.8) is 0 Å². The van der Waals surface area contributed by atoms with Gasteiger partial charge in [-0.05, 0) is 54.1 Å². The minimum Gasteiger partial charge on any atom is -0.424 e. The maximum Gasteiger partial charge on any atom is 0.328 e. The van der Waals surface area contributed by atoms with Crippen LogP contribution in [0.3, 0.4) is 0 Å². The molecule has 17 nitrogen and oxygen atoms in total. The Morgan fingerprint density at radius 1 is 0.519 bits per heavy atom. The van der Waals surface area contributed by atoms with E-state index < -0.39 is 0 Å². The number of anilines is 6. The molecule has 0 saturated carbocycles. The second-order valence-electron chi connectivity index (χ2n) is 12.5. The minimum atomic E-state index is 0.250. The third-order valence-corrected chi connectivity index (χ3v) is 8.95. The fraction of sp³-hybridized carbons (Fsp3) is 0.457. The van der Waals surface area contributed by atoms with Crippen molar-refractivity contribution in [2.45, 2.75) is 0 Å². The summed E-state index contributed by atoms with van der Waals surface area (Å²) in [6.07, 6.45) is 1.82. The average Bonchev–Trinajstić information content (AvgIpc) is 3.22. The highest BCUT2D eigenvalue weighted by Crippen LogP contribution is 2.26. The van der Waals surface area contributed by atoms with Crippen LogP contribution >= 0.6 is 0 Å². The van der Waals surface area contributed by atoms with Crippen molar-refractivity contribution in [3.05, 3.63) is 54.1 Å². The van der Waals surface area contributed by atoms with Gasteiger partial charge in [0.15, 0.2) is 0 Å². The topological polar surface area (TPSA) is 161 Å². The molecule has 8 rings (SSSR count). The summed E-state index contributed by atoms with van der Waals surface area (Å²) in [7, 11) is 0. The summed E-state index contributed by atoms with van der Waals surface area (Å²) in [5, 5.41) is 3.36. The number of rotatable bonds is 10. The number of hydrogen-bond donors (Lipinski definition) is 1. The van der Waals surface area contributed by atoms with Gasteiger partial charge in [0.1, 0.15) is 5.75 Å². The number of aliphatic imine (C=N–C) groups is 1. The largest absolute Gasteiger partial charge is 0.424 e. The van der Waals surface area contributed by atoms with Crippen molar-refractivity contribution in [1.29, 1.82) is 0 Å². The van der Waals surface area contributed by atoms with Crippen LogP contribution in [0, 0.1) is 0 Å². The molecule has 4 saturated heterocycles. The zero-order valence-electron chi connectivity index (χ0n) is 29.0. The summed E-state index contributed by atoms with van der Waals surface area (Å²) in [6.45, 7) is 10.9. The highest BCUT2D eigenvalue weighted by molar-refractivity contribution is 5.82. The molecule has 0 spiro atoms. The predicted molar refractivity (Wildman–Crippen MR) is 195 cm³/mol. The highest BCUT2D eigenvalue weighted by Gasteiger charge is 2.23. The van der Waals surface area contributed by atoms with E-state index in [2.05, 4.69) is 39.9 Å². The molecule has 4 aromatic rings. The van der Waals surface area contributed by atoms with Gasteiger partial charge in [-0.3, -0.25) is 4.99 Å². The first-order valence-corrected chi connectivity index (χ1v) is 17.7. The van der Waals surface area contributed by atoms with Crippen LogP contribution < -0.4 is 29.7 Å². The van der Waals surface area contributed by atoms with Gasteiger partial charge in [-0.2, -0.15) is 29.9 Å². The molecule has 0 atom stereocenters. The van der Waals surface area contributed by atoms with Crippen LogP contribution in [-0.4, -0.2) is 141 Å². The Bertz CT molecular complexity index is 1590. The van der Waals surface area contributed by atoms with E-state index >= 15 is 0 Å². The molecule has 4 aliphatic heterocycles. The van der Waals surface area contributed by atoms with Crippen LogP contribution in [0.5, 0.6) is 11.8 Å². The molecule has 1 N–H and O–H groups in total. The van der Waals surface area contributed by atoms with E-state index in [0.29, 0.717) is 115 Å². The first-order valence-electron chi connectivity index (χ1n) is 17.7. The lowest BCUT2D eigenvalue weighted by Gasteiger charge is -2.30. The summed E-state index contributed by atoms with van der Waals surface area (Å²) in [5.41, 5.74) is 2.57. The molecule has 0 aliphatic carbocycles. The average molecular weight is 711 g/mol. The van der Waals surface area contributed by atoms with Gasteiger partial charge in [0.05, 0.1) is 58.5 Å². The predicted octanol–water partition coefficient (Wildman–Crippen LogP) is 2.69. The first kappa shape index (κ1) is 33.9. The lowest BCUT2D eigenvalue weighted by molar-refractivity contribution is 0.121. The van der Waals surface area contributed by atoms with Crippen molar-refractivity contribution in [2.24, 2.45) is 4.99 Å². The molecule has 6 heterocycles. The molecular formula is C35H42N12O5. The zero-order valence-corrected chi connectivity index (χ0v) is 29.0.